The second-order valence-electron chi connectivity index (χ2n) is 5.76. The van der Waals surface area contributed by atoms with Crippen LogP contribution in [0.2, 0.25) is 0 Å². The van der Waals surface area contributed by atoms with Gasteiger partial charge in [-0.3, -0.25) is 9.59 Å². The van der Waals surface area contributed by atoms with Gasteiger partial charge in [-0.05, 0) is 32.3 Å². The van der Waals surface area contributed by atoms with Crippen molar-refractivity contribution in [3.63, 3.8) is 0 Å². The highest BCUT2D eigenvalue weighted by molar-refractivity contribution is 5.93. The summed E-state index contributed by atoms with van der Waals surface area (Å²) >= 11 is 0. The Kier molecular flexibility index (Phi) is 5.14. The maximum absolute atomic E-state index is 12.3. The SMILES string of the molecule is CC(C)=CC(=O)N[C@@H](Cc1ccccc1)C(=O)NC1CC1. The number of rotatable bonds is 6. The third-order valence-electron chi connectivity index (χ3n) is 3.26. The molecule has 0 spiro atoms. The molecule has 0 aliphatic heterocycles. The molecule has 0 bridgehead atoms. The molecule has 2 N–H and O–H groups in total. The fourth-order valence-corrected chi connectivity index (χ4v) is 2.06. The Morgan fingerprint density at radius 3 is 2.48 bits per heavy atom. The minimum absolute atomic E-state index is 0.100. The van der Waals surface area contributed by atoms with E-state index >= 15 is 0 Å². The molecule has 4 nitrogen and oxygen atoms in total. The zero-order chi connectivity index (χ0) is 15.2. The molecule has 0 unspecified atom stereocenters. The fourth-order valence-electron chi connectivity index (χ4n) is 2.06. The predicted molar refractivity (Wildman–Crippen MR) is 82.7 cm³/mol. The summed E-state index contributed by atoms with van der Waals surface area (Å²) in [5.74, 6) is -0.321. The average Bonchev–Trinajstić information content (AvgIpc) is 3.22. The summed E-state index contributed by atoms with van der Waals surface area (Å²) in [6.07, 6.45) is 4.08. The van der Waals surface area contributed by atoms with Gasteiger partial charge in [0.25, 0.3) is 0 Å². The Morgan fingerprint density at radius 2 is 1.90 bits per heavy atom. The van der Waals surface area contributed by atoms with E-state index in [2.05, 4.69) is 10.6 Å². The van der Waals surface area contributed by atoms with Crippen molar-refractivity contribution in [2.24, 2.45) is 0 Å². The van der Waals surface area contributed by atoms with Crippen LogP contribution in [0.1, 0.15) is 32.3 Å². The number of amides is 2. The molecule has 0 aromatic heterocycles. The summed E-state index contributed by atoms with van der Waals surface area (Å²) in [6.45, 7) is 3.71. The standard InChI is InChI=1S/C17H22N2O2/c1-12(2)10-16(20)19-15(17(21)18-14-8-9-14)11-13-6-4-3-5-7-13/h3-7,10,14-15H,8-9,11H2,1-2H3,(H,18,21)(H,19,20)/t15-/m0/s1. The molecule has 21 heavy (non-hydrogen) atoms. The largest absolute Gasteiger partial charge is 0.352 e. The van der Waals surface area contributed by atoms with Crippen molar-refractivity contribution in [3.8, 4) is 0 Å². The molecule has 2 amide bonds. The quantitative estimate of drug-likeness (QED) is 0.785. The zero-order valence-electron chi connectivity index (χ0n) is 12.6. The normalized spacial score (nSPS) is 15.0. The topological polar surface area (TPSA) is 58.2 Å². The first-order valence-electron chi connectivity index (χ1n) is 7.34. The second-order valence-corrected chi connectivity index (χ2v) is 5.76. The van der Waals surface area contributed by atoms with Crippen LogP contribution in [0.4, 0.5) is 0 Å². The maximum Gasteiger partial charge on any atom is 0.244 e. The molecule has 0 saturated heterocycles. The van der Waals surface area contributed by atoms with E-state index in [1.54, 1.807) is 0 Å². The fraction of sp³-hybridized carbons (Fsp3) is 0.412. The molecule has 1 aliphatic rings. The van der Waals surface area contributed by atoms with Gasteiger partial charge < -0.3 is 10.6 Å². The van der Waals surface area contributed by atoms with Crippen LogP contribution in [0.5, 0.6) is 0 Å². The van der Waals surface area contributed by atoms with Gasteiger partial charge in [0.15, 0.2) is 0 Å². The van der Waals surface area contributed by atoms with Gasteiger partial charge in [0.1, 0.15) is 6.04 Å². The molecule has 1 aliphatic carbocycles. The molecule has 1 saturated carbocycles. The van der Waals surface area contributed by atoms with E-state index < -0.39 is 6.04 Å². The predicted octanol–water partition coefficient (Wildman–Crippen LogP) is 1.96. The minimum Gasteiger partial charge on any atom is -0.352 e. The van der Waals surface area contributed by atoms with Crippen molar-refractivity contribution >= 4 is 11.8 Å². The second kappa shape index (κ2) is 7.07. The van der Waals surface area contributed by atoms with Crippen molar-refractivity contribution < 1.29 is 9.59 Å². The van der Waals surface area contributed by atoms with Gasteiger partial charge in [-0.25, -0.2) is 0 Å². The zero-order valence-corrected chi connectivity index (χ0v) is 12.6. The van der Waals surface area contributed by atoms with Gasteiger partial charge in [0.05, 0.1) is 0 Å². The summed E-state index contributed by atoms with van der Waals surface area (Å²) in [5.41, 5.74) is 1.94. The molecule has 1 fully saturated rings. The first-order chi connectivity index (χ1) is 10.0. The third kappa shape index (κ3) is 5.42. The monoisotopic (exact) mass is 286 g/mol. The number of hydrogen-bond donors (Lipinski definition) is 2. The van der Waals surface area contributed by atoms with Crippen LogP contribution in [-0.2, 0) is 16.0 Å². The Bertz CT molecular complexity index is 529. The van der Waals surface area contributed by atoms with Crippen LogP contribution in [-0.4, -0.2) is 23.9 Å². The number of hydrogen-bond acceptors (Lipinski definition) is 2. The Balaban J connectivity index is 2.03. The highest BCUT2D eigenvalue weighted by Gasteiger charge is 2.28. The van der Waals surface area contributed by atoms with Crippen molar-refractivity contribution in [2.75, 3.05) is 0 Å². The van der Waals surface area contributed by atoms with Crippen LogP contribution in [0.3, 0.4) is 0 Å². The first kappa shape index (κ1) is 15.3. The molecule has 1 atom stereocenters. The van der Waals surface area contributed by atoms with Crippen LogP contribution in [0.25, 0.3) is 0 Å². The highest BCUT2D eigenvalue weighted by atomic mass is 16.2. The number of carbonyl (C=O) groups excluding carboxylic acids is 2. The minimum atomic E-state index is -0.531. The van der Waals surface area contributed by atoms with Crippen molar-refractivity contribution in [2.45, 2.75) is 45.2 Å². The molecule has 112 valence electrons. The highest BCUT2D eigenvalue weighted by Crippen LogP contribution is 2.19. The van der Waals surface area contributed by atoms with E-state index in [1.165, 1.54) is 6.08 Å². The lowest BCUT2D eigenvalue weighted by Gasteiger charge is -2.18. The lowest BCUT2D eigenvalue weighted by molar-refractivity contribution is -0.127. The van der Waals surface area contributed by atoms with E-state index in [4.69, 9.17) is 0 Å². The maximum atomic E-state index is 12.3. The van der Waals surface area contributed by atoms with Crippen LogP contribution in [0, 0.1) is 0 Å². The van der Waals surface area contributed by atoms with E-state index in [0.717, 1.165) is 24.0 Å². The van der Waals surface area contributed by atoms with Crippen molar-refractivity contribution in [1.82, 2.24) is 10.6 Å². The Morgan fingerprint density at radius 1 is 1.24 bits per heavy atom. The van der Waals surface area contributed by atoms with Gasteiger partial charge >= 0.3 is 0 Å². The van der Waals surface area contributed by atoms with Gasteiger partial charge in [-0.2, -0.15) is 0 Å². The smallest absolute Gasteiger partial charge is 0.244 e. The Hall–Kier alpha value is -2.10. The van der Waals surface area contributed by atoms with Gasteiger partial charge in [-0.15, -0.1) is 0 Å². The van der Waals surface area contributed by atoms with Gasteiger partial charge in [0, 0.05) is 18.5 Å². The van der Waals surface area contributed by atoms with Crippen molar-refractivity contribution in [3.05, 3.63) is 47.5 Å². The summed E-state index contributed by atoms with van der Waals surface area (Å²) in [5, 5.41) is 5.76. The Labute approximate surface area is 125 Å². The van der Waals surface area contributed by atoms with Crippen LogP contribution < -0.4 is 10.6 Å². The summed E-state index contributed by atoms with van der Waals surface area (Å²) in [4.78, 5) is 24.2. The molecule has 2 rings (SSSR count). The van der Waals surface area contributed by atoms with Crippen LogP contribution in [0.15, 0.2) is 42.0 Å². The molecule has 0 heterocycles. The van der Waals surface area contributed by atoms with Gasteiger partial charge in [0.2, 0.25) is 11.8 Å². The van der Waals surface area contributed by atoms with E-state index in [9.17, 15) is 9.59 Å². The number of nitrogens with one attached hydrogen (secondary N) is 2. The third-order valence-corrected chi connectivity index (χ3v) is 3.26. The van der Waals surface area contributed by atoms with E-state index in [-0.39, 0.29) is 17.9 Å². The molecule has 1 aromatic rings. The first-order valence-corrected chi connectivity index (χ1v) is 7.34. The molecular weight excluding hydrogens is 264 g/mol. The van der Waals surface area contributed by atoms with Crippen molar-refractivity contribution in [1.29, 1.82) is 0 Å². The summed E-state index contributed by atoms with van der Waals surface area (Å²) in [7, 11) is 0. The number of carbonyl (C=O) groups is 2. The number of allylic oxidation sites excluding steroid dienone is 1. The summed E-state index contributed by atoms with van der Waals surface area (Å²) < 4.78 is 0. The lowest BCUT2D eigenvalue weighted by atomic mass is 10.0. The summed E-state index contributed by atoms with van der Waals surface area (Å²) in [6, 6.07) is 9.48. The van der Waals surface area contributed by atoms with E-state index in [1.807, 2.05) is 44.2 Å². The average molecular weight is 286 g/mol. The lowest BCUT2D eigenvalue weighted by Crippen LogP contribution is -2.48. The molecule has 4 heteroatoms. The van der Waals surface area contributed by atoms with E-state index in [0.29, 0.717) is 6.42 Å². The van der Waals surface area contributed by atoms with Crippen LogP contribution >= 0.6 is 0 Å². The molecular formula is C17H22N2O2. The molecule has 0 radical (unpaired) electrons. The van der Waals surface area contributed by atoms with Gasteiger partial charge in [-0.1, -0.05) is 35.9 Å². The molecule has 1 aromatic carbocycles. The number of benzene rings is 1.